The predicted octanol–water partition coefficient (Wildman–Crippen LogP) is 1.84. The van der Waals surface area contributed by atoms with Gasteiger partial charge in [-0.05, 0) is 6.54 Å². The Hall–Kier alpha value is -0.340. The summed E-state index contributed by atoms with van der Waals surface area (Å²) in [5.41, 5.74) is 0. The third-order valence-corrected chi connectivity index (χ3v) is 2.30. The Morgan fingerprint density at radius 2 is 1.54 bits per heavy atom. The van der Waals surface area contributed by atoms with Crippen LogP contribution in [0, 0.1) is 0 Å². The van der Waals surface area contributed by atoms with Crippen molar-refractivity contribution in [3.05, 3.63) is 12.7 Å². The van der Waals surface area contributed by atoms with Crippen LogP contribution in [0.15, 0.2) is 12.7 Å². The molecule has 2 nitrogen and oxygen atoms in total. The van der Waals surface area contributed by atoms with Gasteiger partial charge in [-0.15, -0.1) is 6.58 Å². The average molecular weight is 184 g/mol. The molecule has 0 aromatic rings. The molecule has 0 aromatic heterocycles. The van der Waals surface area contributed by atoms with Crippen molar-refractivity contribution < 1.29 is 0 Å². The van der Waals surface area contributed by atoms with E-state index in [9.17, 15) is 0 Å². The molecule has 13 heavy (non-hydrogen) atoms. The maximum Gasteiger partial charge on any atom is 0.0161 e. The molecule has 78 valence electrons. The Bertz CT molecular complexity index is 115. The smallest absolute Gasteiger partial charge is 0.0161 e. The summed E-state index contributed by atoms with van der Waals surface area (Å²) in [5.74, 6) is 0. The Balaban J connectivity index is 0.000000671. The first-order chi connectivity index (χ1) is 6.36. The normalized spacial score (nSPS) is 19.0. The molecule has 0 bridgehead atoms. The van der Waals surface area contributed by atoms with Crippen molar-refractivity contribution in [1.29, 1.82) is 0 Å². The fourth-order valence-corrected chi connectivity index (χ4v) is 1.47. The third-order valence-electron chi connectivity index (χ3n) is 2.30. The fraction of sp³-hybridized carbons (Fsp3) is 0.818. The molecule has 0 saturated carbocycles. The number of nitrogens with zero attached hydrogens (tertiary/aromatic N) is 2. The van der Waals surface area contributed by atoms with E-state index in [1.165, 1.54) is 32.7 Å². The minimum absolute atomic E-state index is 1.05. The van der Waals surface area contributed by atoms with Gasteiger partial charge < -0.3 is 4.90 Å². The number of rotatable bonds is 3. The standard InChI is InChI=1S/C9H18N2.C2H6/c1-3-5-11-8-6-10(4-2)7-9-11;1-2/h3H,1,4-9H2,2H3;1-2H3. The molecule has 1 fully saturated rings. The summed E-state index contributed by atoms with van der Waals surface area (Å²) in [6, 6.07) is 0. The van der Waals surface area contributed by atoms with Crippen LogP contribution in [0.5, 0.6) is 0 Å². The zero-order chi connectivity index (χ0) is 10.1. The van der Waals surface area contributed by atoms with Gasteiger partial charge in [-0.2, -0.15) is 0 Å². The number of hydrogen-bond acceptors (Lipinski definition) is 2. The van der Waals surface area contributed by atoms with Gasteiger partial charge in [0.15, 0.2) is 0 Å². The largest absolute Gasteiger partial charge is 0.301 e. The minimum atomic E-state index is 1.05. The second-order valence-electron chi connectivity index (χ2n) is 3.02. The summed E-state index contributed by atoms with van der Waals surface area (Å²) in [5, 5.41) is 0. The predicted molar refractivity (Wildman–Crippen MR) is 60.1 cm³/mol. The highest BCUT2D eigenvalue weighted by Crippen LogP contribution is 1.99. The Morgan fingerprint density at radius 1 is 1.08 bits per heavy atom. The van der Waals surface area contributed by atoms with Crippen molar-refractivity contribution in [2.75, 3.05) is 39.3 Å². The lowest BCUT2D eigenvalue weighted by molar-refractivity contribution is 0.148. The molecule has 0 aliphatic carbocycles. The van der Waals surface area contributed by atoms with Crippen LogP contribution in [-0.4, -0.2) is 49.1 Å². The van der Waals surface area contributed by atoms with E-state index in [0.717, 1.165) is 6.54 Å². The Morgan fingerprint density at radius 3 is 1.92 bits per heavy atom. The number of likely N-dealkylation sites (N-methyl/N-ethyl adjacent to an activating group) is 1. The van der Waals surface area contributed by atoms with Crippen molar-refractivity contribution in [2.24, 2.45) is 0 Å². The van der Waals surface area contributed by atoms with Crippen molar-refractivity contribution in [2.45, 2.75) is 20.8 Å². The molecule has 0 spiro atoms. The summed E-state index contributed by atoms with van der Waals surface area (Å²) >= 11 is 0. The fourth-order valence-electron chi connectivity index (χ4n) is 1.47. The van der Waals surface area contributed by atoms with Crippen LogP contribution >= 0.6 is 0 Å². The first-order valence-electron chi connectivity index (χ1n) is 5.42. The molecule has 0 N–H and O–H groups in total. The SMILES string of the molecule is C=CCN1CCN(CC)CC1.CC. The second kappa shape index (κ2) is 8.27. The number of piperazine rings is 1. The molecule has 0 atom stereocenters. The molecule has 0 unspecified atom stereocenters. The average Bonchev–Trinajstić information content (AvgIpc) is 2.23. The zero-order valence-corrected chi connectivity index (χ0v) is 9.42. The summed E-state index contributed by atoms with van der Waals surface area (Å²) in [7, 11) is 0. The van der Waals surface area contributed by atoms with Crippen LogP contribution in [-0.2, 0) is 0 Å². The van der Waals surface area contributed by atoms with Gasteiger partial charge in [0.25, 0.3) is 0 Å². The van der Waals surface area contributed by atoms with Crippen molar-refractivity contribution in [3.8, 4) is 0 Å². The van der Waals surface area contributed by atoms with Crippen LogP contribution < -0.4 is 0 Å². The topological polar surface area (TPSA) is 6.48 Å². The molecule has 1 heterocycles. The summed E-state index contributed by atoms with van der Waals surface area (Å²) in [6.45, 7) is 17.1. The molecule has 0 radical (unpaired) electrons. The second-order valence-corrected chi connectivity index (χ2v) is 3.02. The highest BCUT2D eigenvalue weighted by Gasteiger charge is 2.13. The van der Waals surface area contributed by atoms with Crippen molar-refractivity contribution in [3.63, 3.8) is 0 Å². The van der Waals surface area contributed by atoms with Crippen LogP contribution in [0.25, 0.3) is 0 Å². The van der Waals surface area contributed by atoms with E-state index in [1.54, 1.807) is 0 Å². The molecule has 0 aromatic carbocycles. The van der Waals surface area contributed by atoms with E-state index < -0.39 is 0 Å². The van der Waals surface area contributed by atoms with Gasteiger partial charge in [0.1, 0.15) is 0 Å². The van der Waals surface area contributed by atoms with E-state index in [1.807, 2.05) is 19.9 Å². The van der Waals surface area contributed by atoms with Gasteiger partial charge in [0, 0.05) is 32.7 Å². The van der Waals surface area contributed by atoms with Gasteiger partial charge in [0.05, 0.1) is 0 Å². The maximum absolute atomic E-state index is 3.74. The monoisotopic (exact) mass is 184 g/mol. The summed E-state index contributed by atoms with van der Waals surface area (Å²) in [6.07, 6.45) is 1.99. The van der Waals surface area contributed by atoms with Crippen LogP contribution in [0.4, 0.5) is 0 Å². The molecule has 1 saturated heterocycles. The van der Waals surface area contributed by atoms with Gasteiger partial charge in [-0.3, -0.25) is 4.90 Å². The van der Waals surface area contributed by atoms with E-state index in [-0.39, 0.29) is 0 Å². The molecule has 0 amide bonds. The van der Waals surface area contributed by atoms with Crippen molar-refractivity contribution in [1.82, 2.24) is 9.80 Å². The molecular formula is C11H24N2. The lowest BCUT2D eigenvalue weighted by atomic mass is 10.3. The van der Waals surface area contributed by atoms with E-state index in [4.69, 9.17) is 0 Å². The van der Waals surface area contributed by atoms with Crippen LogP contribution in [0.2, 0.25) is 0 Å². The Labute approximate surface area is 83.2 Å². The quantitative estimate of drug-likeness (QED) is 0.618. The molecule has 1 aliphatic heterocycles. The van der Waals surface area contributed by atoms with Crippen LogP contribution in [0.1, 0.15) is 20.8 Å². The van der Waals surface area contributed by atoms with Gasteiger partial charge in [-0.1, -0.05) is 26.8 Å². The first kappa shape index (κ1) is 12.7. The molecular weight excluding hydrogens is 160 g/mol. The first-order valence-corrected chi connectivity index (χ1v) is 5.42. The van der Waals surface area contributed by atoms with Crippen molar-refractivity contribution >= 4 is 0 Å². The molecule has 1 rings (SSSR count). The molecule has 1 aliphatic rings. The highest BCUT2D eigenvalue weighted by molar-refractivity contribution is 4.78. The van der Waals surface area contributed by atoms with Gasteiger partial charge in [0.2, 0.25) is 0 Å². The van der Waals surface area contributed by atoms with E-state index in [2.05, 4.69) is 23.3 Å². The summed E-state index contributed by atoms with van der Waals surface area (Å²) in [4.78, 5) is 4.93. The minimum Gasteiger partial charge on any atom is -0.301 e. The Kier molecular flexibility index (Phi) is 8.05. The number of hydrogen-bond donors (Lipinski definition) is 0. The van der Waals surface area contributed by atoms with Gasteiger partial charge in [-0.25, -0.2) is 0 Å². The van der Waals surface area contributed by atoms with Crippen LogP contribution in [0.3, 0.4) is 0 Å². The van der Waals surface area contributed by atoms with E-state index in [0.29, 0.717) is 0 Å². The third kappa shape index (κ3) is 5.06. The maximum atomic E-state index is 3.74. The van der Waals surface area contributed by atoms with E-state index >= 15 is 0 Å². The zero-order valence-electron chi connectivity index (χ0n) is 9.42. The highest BCUT2D eigenvalue weighted by atomic mass is 15.2. The summed E-state index contributed by atoms with van der Waals surface area (Å²) < 4.78 is 0. The van der Waals surface area contributed by atoms with Gasteiger partial charge >= 0.3 is 0 Å². The molecule has 2 heteroatoms. The lowest BCUT2D eigenvalue weighted by Gasteiger charge is -2.33. The lowest BCUT2D eigenvalue weighted by Crippen LogP contribution is -2.45.